The van der Waals surface area contributed by atoms with E-state index >= 15 is 0 Å². The lowest BCUT2D eigenvalue weighted by Gasteiger charge is -2.45. The van der Waals surface area contributed by atoms with Gasteiger partial charge in [0.05, 0.1) is 0 Å². The number of hydrogen-bond donors (Lipinski definition) is 1. The Labute approximate surface area is 99.5 Å². The maximum absolute atomic E-state index is 5.48. The summed E-state index contributed by atoms with van der Waals surface area (Å²) < 4.78 is 5.48. The van der Waals surface area contributed by atoms with Crippen molar-refractivity contribution in [2.24, 2.45) is 5.92 Å². The van der Waals surface area contributed by atoms with Crippen molar-refractivity contribution < 1.29 is 4.74 Å². The van der Waals surface area contributed by atoms with Gasteiger partial charge in [0.15, 0.2) is 0 Å². The highest BCUT2D eigenvalue weighted by atomic mass is 16.5. The number of hydrogen-bond acceptors (Lipinski definition) is 3. The highest BCUT2D eigenvalue weighted by Gasteiger charge is 2.33. The lowest BCUT2D eigenvalue weighted by Crippen LogP contribution is -2.56. The molecule has 94 valence electrons. The Morgan fingerprint density at radius 1 is 1.25 bits per heavy atom. The minimum Gasteiger partial charge on any atom is -0.381 e. The molecule has 0 aromatic carbocycles. The Morgan fingerprint density at radius 3 is 2.69 bits per heavy atom. The molecule has 0 spiro atoms. The molecule has 0 aromatic heterocycles. The van der Waals surface area contributed by atoms with E-state index in [0.29, 0.717) is 0 Å². The van der Waals surface area contributed by atoms with E-state index in [9.17, 15) is 0 Å². The van der Waals surface area contributed by atoms with Crippen LogP contribution in [0.15, 0.2) is 0 Å². The molecule has 0 amide bonds. The molecule has 2 bridgehead atoms. The van der Waals surface area contributed by atoms with Gasteiger partial charge in [0.2, 0.25) is 0 Å². The van der Waals surface area contributed by atoms with Crippen LogP contribution in [0.25, 0.3) is 0 Å². The molecule has 1 atom stereocenters. The first-order valence-corrected chi connectivity index (χ1v) is 6.93. The number of piperidine rings is 3. The minimum absolute atomic E-state index is 0.758. The van der Waals surface area contributed by atoms with Crippen molar-refractivity contribution in [1.82, 2.24) is 10.2 Å². The molecule has 3 fully saturated rings. The molecule has 3 rings (SSSR count). The second-order valence-electron chi connectivity index (χ2n) is 5.16. The third-order valence-corrected chi connectivity index (χ3v) is 3.88. The normalized spacial score (nSPS) is 33.2. The predicted octanol–water partition coefficient (Wildman–Crippen LogP) is 1.49. The van der Waals surface area contributed by atoms with Crippen molar-refractivity contribution in [3.63, 3.8) is 0 Å². The van der Waals surface area contributed by atoms with Gasteiger partial charge in [-0.1, -0.05) is 6.92 Å². The van der Waals surface area contributed by atoms with Crippen molar-refractivity contribution in [2.75, 3.05) is 39.4 Å². The molecular formula is C13H26N2O. The van der Waals surface area contributed by atoms with Gasteiger partial charge >= 0.3 is 0 Å². The smallest absolute Gasteiger partial charge is 0.0478 e. The third kappa shape index (κ3) is 3.44. The molecule has 1 unspecified atom stereocenters. The van der Waals surface area contributed by atoms with Gasteiger partial charge < -0.3 is 15.0 Å². The summed E-state index contributed by atoms with van der Waals surface area (Å²) in [4.78, 5) is 2.60. The van der Waals surface area contributed by atoms with Crippen LogP contribution in [0.3, 0.4) is 0 Å². The van der Waals surface area contributed by atoms with Gasteiger partial charge in [0.25, 0.3) is 0 Å². The fraction of sp³-hybridized carbons (Fsp3) is 1.00. The van der Waals surface area contributed by atoms with Crippen LogP contribution < -0.4 is 5.32 Å². The van der Waals surface area contributed by atoms with Crippen molar-refractivity contribution >= 4 is 0 Å². The fourth-order valence-corrected chi connectivity index (χ4v) is 2.90. The first-order chi connectivity index (χ1) is 7.90. The molecule has 3 aliphatic heterocycles. The van der Waals surface area contributed by atoms with Gasteiger partial charge in [-0.2, -0.15) is 0 Å². The lowest BCUT2D eigenvalue weighted by atomic mass is 9.84. The predicted molar refractivity (Wildman–Crippen MR) is 66.7 cm³/mol. The molecule has 1 N–H and O–H groups in total. The molecule has 16 heavy (non-hydrogen) atoms. The first kappa shape index (κ1) is 12.3. The van der Waals surface area contributed by atoms with Crippen molar-refractivity contribution in [3.8, 4) is 0 Å². The zero-order valence-corrected chi connectivity index (χ0v) is 10.6. The Morgan fingerprint density at radius 2 is 2.06 bits per heavy atom. The Balaban J connectivity index is 1.53. The van der Waals surface area contributed by atoms with Gasteiger partial charge in [0.1, 0.15) is 0 Å². The van der Waals surface area contributed by atoms with Gasteiger partial charge in [-0.05, 0) is 51.2 Å². The average Bonchev–Trinajstić information content (AvgIpc) is 2.35. The molecule has 3 heterocycles. The van der Waals surface area contributed by atoms with Gasteiger partial charge in [-0.25, -0.2) is 0 Å². The summed E-state index contributed by atoms with van der Waals surface area (Å²) in [5.41, 5.74) is 0. The second-order valence-corrected chi connectivity index (χ2v) is 5.16. The standard InChI is InChI=1S/C13H26N2O/c1-2-9-16-10-3-6-14-13-11-15-7-4-12(13)5-8-15/h12-14H,2-11H2,1H3. The molecule has 3 aliphatic rings. The van der Waals surface area contributed by atoms with Gasteiger partial charge in [0, 0.05) is 25.8 Å². The van der Waals surface area contributed by atoms with Crippen LogP contribution in [-0.4, -0.2) is 50.3 Å². The van der Waals surface area contributed by atoms with Crippen molar-refractivity contribution in [1.29, 1.82) is 0 Å². The Kier molecular flexibility index (Phi) is 5.07. The minimum atomic E-state index is 0.758. The molecule has 0 saturated carbocycles. The Bertz CT molecular complexity index is 190. The monoisotopic (exact) mass is 226 g/mol. The molecule has 0 aliphatic carbocycles. The number of rotatable bonds is 7. The zero-order valence-electron chi connectivity index (χ0n) is 10.6. The van der Waals surface area contributed by atoms with E-state index in [4.69, 9.17) is 4.74 Å². The SMILES string of the molecule is CCCOCCCNC1CN2CCC1CC2. The summed E-state index contributed by atoms with van der Waals surface area (Å²) in [6.07, 6.45) is 5.10. The highest BCUT2D eigenvalue weighted by molar-refractivity contribution is 4.90. The molecule has 0 aromatic rings. The first-order valence-electron chi connectivity index (χ1n) is 6.93. The number of ether oxygens (including phenoxy) is 1. The van der Waals surface area contributed by atoms with E-state index in [-0.39, 0.29) is 0 Å². The van der Waals surface area contributed by atoms with Gasteiger partial charge in [-0.15, -0.1) is 0 Å². The highest BCUT2D eigenvalue weighted by Crippen LogP contribution is 2.27. The maximum atomic E-state index is 5.48. The molecule has 3 saturated heterocycles. The maximum Gasteiger partial charge on any atom is 0.0478 e. The summed E-state index contributed by atoms with van der Waals surface area (Å²) in [6, 6.07) is 0.758. The van der Waals surface area contributed by atoms with Crippen LogP contribution in [0, 0.1) is 5.92 Å². The second kappa shape index (κ2) is 6.58. The largest absolute Gasteiger partial charge is 0.381 e. The molecule has 3 nitrogen and oxygen atoms in total. The summed E-state index contributed by atoms with van der Waals surface area (Å²) in [5, 5.41) is 3.71. The third-order valence-electron chi connectivity index (χ3n) is 3.88. The molecule has 3 heteroatoms. The van der Waals surface area contributed by atoms with Crippen LogP contribution in [0.1, 0.15) is 32.6 Å². The van der Waals surface area contributed by atoms with Crippen molar-refractivity contribution in [3.05, 3.63) is 0 Å². The molecule has 0 radical (unpaired) electrons. The fourth-order valence-electron chi connectivity index (χ4n) is 2.90. The summed E-state index contributed by atoms with van der Waals surface area (Å²) >= 11 is 0. The summed E-state index contributed by atoms with van der Waals surface area (Å²) in [6.45, 7) is 9.07. The van der Waals surface area contributed by atoms with E-state index in [1.807, 2.05) is 0 Å². The van der Waals surface area contributed by atoms with E-state index in [1.165, 1.54) is 32.5 Å². The van der Waals surface area contributed by atoms with E-state index in [0.717, 1.165) is 44.6 Å². The van der Waals surface area contributed by atoms with E-state index < -0.39 is 0 Å². The number of fused-ring (bicyclic) bond motifs is 3. The van der Waals surface area contributed by atoms with E-state index in [1.54, 1.807) is 0 Å². The number of nitrogens with one attached hydrogen (secondary N) is 1. The van der Waals surface area contributed by atoms with Crippen LogP contribution in [0.5, 0.6) is 0 Å². The van der Waals surface area contributed by atoms with Crippen LogP contribution in [0.4, 0.5) is 0 Å². The Hall–Kier alpha value is -0.120. The average molecular weight is 226 g/mol. The van der Waals surface area contributed by atoms with Crippen LogP contribution in [0.2, 0.25) is 0 Å². The van der Waals surface area contributed by atoms with Gasteiger partial charge in [-0.3, -0.25) is 0 Å². The van der Waals surface area contributed by atoms with Crippen LogP contribution in [-0.2, 0) is 4.74 Å². The molecular weight excluding hydrogens is 200 g/mol. The summed E-state index contributed by atoms with van der Waals surface area (Å²) in [5.74, 6) is 0.946. The zero-order chi connectivity index (χ0) is 11.2. The quantitative estimate of drug-likeness (QED) is 0.666. The van der Waals surface area contributed by atoms with E-state index in [2.05, 4.69) is 17.1 Å². The lowest BCUT2D eigenvalue weighted by molar-refractivity contribution is 0.0702. The number of nitrogens with zero attached hydrogens (tertiary/aromatic N) is 1. The summed E-state index contributed by atoms with van der Waals surface area (Å²) in [7, 11) is 0. The van der Waals surface area contributed by atoms with Crippen molar-refractivity contribution in [2.45, 2.75) is 38.6 Å². The van der Waals surface area contributed by atoms with Crippen LogP contribution >= 0.6 is 0 Å². The topological polar surface area (TPSA) is 24.5 Å².